The van der Waals surface area contributed by atoms with Crippen molar-refractivity contribution in [2.45, 2.75) is 6.92 Å². The van der Waals surface area contributed by atoms with Gasteiger partial charge in [-0.05, 0) is 19.1 Å². The van der Waals surface area contributed by atoms with Crippen molar-refractivity contribution >= 4 is 17.2 Å². The normalized spacial score (nSPS) is 10.3. The third-order valence-corrected chi connectivity index (χ3v) is 2.96. The number of aromatic nitrogens is 2. The minimum atomic E-state index is -0.505. The average Bonchev–Trinajstić information content (AvgIpc) is 2.84. The molecule has 0 spiro atoms. The molecular weight excluding hydrogens is 214 g/mol. The molecule has 2 aromatic heterocycles. The maximum atomic E-state index is 11.1. The van der Waals surface area contributed by atoms with Crippen LogP contribution in [-0.4, -0.2) is 21.1 Å². The lowest BCUT2D eigenvalue weighted by molar-refractivity contribution is 0.0711. The lowest BCUT2D eigenvalue weighted by Gasteiger charge is -1.91. The van der Waals surface area contributed by atoms with E-state index in [1.165, 1.54) is 11.3 Å². The molecule has 0 saturated heterocycles. The molecule has 6 heteroatoms. The number of aryl methyl sites for hydroxylation is 1. The van der Waals surface area contributed by atoms with Crippen LogP contribution in [-0.2, 0) is 0 Å². The van der Waals surface area contributed by atoms with Crippen LogP contribution in [0.3, 0.4) is 0 Å². The molecule has 15 heavy (non-hydrogen) atoms. The number of amides is 1. The van der Waals surface area contributed by atoms with Gasteiger partial charge < -0.3 is 4.98 Å². The van der Waals surface area contributed by atoms with Gasteiger partial charge in [-0.25, -0.2) is 10.5 Å². The second-order valence-electron chi connectivity index (χ2n) is 3.02. The van der Waals surface area contributed by atoms with Crippen molar-refractivity contribution in [2.75, 3.05) is 0 Å². The zero-order valence-corrected chi connectivity index (χ0v) is 8.76. The largest absolute Gasteiger partial charge is 0.341 e. The second-order valence-corrected chi connectivity index (χ2v) is 4.10. The molecule has 1 amide bonds. The zero-order valence-electron chi connectivity index (χ0n) is 7.94. The summed E-state index contributed by atoms with van der Waals surface area (Å²) in [7, 11) is 0. The summed E-state index contributed by atoms with van der Waals surface area (Å²) in [4.78, 5) is 19.6. The lowest BCUT2D eigenvalue weighted by atomic mass is 10.4. The zero-order chi connectivity index (χ0) is 10.8. The van der Waals surface area contributed by atoms with Gasteiger partial charge in [0.05, 0.1) is 9.75 Å². The van der Waals surface area contributed by atoms with E-state index >= 15 is 0 Å². The number of carbonyl (C=O) groups is 1. The Balaban J connectivity index is 2.31. The van der Waals surface area contributed by atoms with Crippen molar-refractivity contribution in [3.63, 3.8) is 0 Å². The van der Waals surface area contributed by atoms with Crippen LogP contribution in [0.2, 0.25) is 0 Å². The van der Waals surface area contributed by atoms with Crippen molar-refractivity contribution in [3.05, 3.63) is 28.9 Å². The first kappa shape index (κ1) is 9.88. The first-order chi connectivity index (χ1) is 7.20. The first-order valence-corrected chi connectivity index (χ1v) is 5.08. The summed E-state index contributed by atoms with van der Waals surface area (Å²) in [6.45, 7) is 1.91. The first-order valence-electron chi connectivity index (χ1n) is 4.27. The Kier molecular flexibility index (Phi) is 2.53. The number of hydrogen-bond acceptors (Lipinski definition) is 4. The van der Waals surface area contributed by atoms with Gasteiger partial charge in [0.2, 0.25) is 0 Å². The maximum absolute atomic E-state index is 11.1. The van der Waals surface area contributed by atoms with E-state index in [0.717, 1.165) is 16.4 Å². The molecular formula is C9H9N3O2S. The Morgan fingerprint density at radius 2 is 2.40 bits per heavy atom. The number of imidazole rings is 1. The Hall–Kier alpha value is -1.66. The van der Waals surface area contributed by atoms with Crippen LogP contribution in [0.4, 0.5) is 0 Å². The van der Waals surface area contributed by atoms with E-state index in [1.807, 2.05) is 6.92 Å². The van der Waals surface area contributed by atoms with E-state index in [2.05, 4.69) is 9.97 Å². The average molecular weight is 223 g/mol. The number of thiophene rings is 1. The summed E-state index contributed by atoms with van der Waals surface area (Å²) in [6.07, 6.45) is 1.72. The minimum absolute atomic E-state index is 0.446. The lowest BCUT2D eigenvalue weighted by Crippen LogP contribution is -2.16. The number of hydroxylamine groups is 1. The predicted octanol–water partition coefficient (Wildman–Crippen LogP) is 1.57. The molecule has 0 fully saturated rings. The SMILES string of the molecule is Cc1cnc(-c2ccc(C(=O)NO)s2)[nH]1. The summed E-state index contributed by atoms with van der Waals surface area (Å²) in [5.74, 6) is 0.226. The van der Waals surface area contributed by atoms with E-state index in [-0.39, 0.29) is 0 Å². The molecule has 0 saturated carbocycles. The molecule has 0 aliphatic carbocycles. The molecule has 0 aromatic carbocycles. The Morgan fingerprint density at radius 3 is 3.00 bits per heavy atom. The van der Waals surface area contributed by atoms with Crippen LogP contribution in [0.5, 0.6) is 0 Å². The summed E-state index contributed by atoms with van der Waals surface area (Å²) in [5, 5.41) is 8.46. The third kappa shape index (κ3) is 1.90. The summed E-state index contributed by atoms with van der Waals surface area (Å²) in [6, 6.07) is 3.43. The van der Waals surface area contributed by atoms with Crippen LogP contribution in [0, 0.1) is 6.92 Å². The topological polar surface area (TPSA) is 78.0 Å². The van der Waals surface area contributed by atoms with Gasteiger partial charge in [-0.3, -0.25) is 10.0 Å². The molecule has 0 atom stereocenters. The highest BCUT2D eigenvalue weighted by molar-refractivity contribution is 7.17. The minimum Gasteiger partial charge on any atom is -0.341 e. The molecule has 2 rings (SSSR count). The van der Waals surface area contributed by atoms with Crippen molar-refractivity contribution in [1.29, 1.82) is 0 Å². The van der Waals surface area contributed by atoms with Gasteiger partial charge in [0.15, 0.2) is 0 Å². The molecule has 0 aliphatic rings. The molecule has 0 radical (unpaired) electrons. The van der Waals surface area contributed by atoms with Crippen molar-refractivity contribution in [2.24, 2.45) is 0 Å². The Labute approximate surface area is 89.7 Å². The van der Waals surface area contributed by atoms with Gasteiger partial charge in [-0.15, -0.1) is 11.3 Å². The molecule has 5 nitrogen and oxygen atoms in total. The fraction of sp³-hybridized carbons (Fsp3) is 0.111. The molecule has 0 aliphatic heterocycles. The Bertz CT molecular complexity index is 489. The Morgan fingerprint density at radius 1 is 1.60 bits per heavy atom. The number of carbonyl (C=O) groups excluding carboxylic acids is 1. The van der Waals surface area contributed by atoms with E-state index in [0.29, 0.717) is 4.88 Å². The molecule has 0 bridgehead atoms. The van der Waals surface area contributed by atoms with Crippen LogP contribution < -0.4 is 5.48 Å². The van der Waals surface area contributed by atoms with Crippen LogP contribution in [0.25, 0.3) is 10.7 Å². The number of nitrogens with zero attached hydrogens (tertiary/aromatic N) is 1. The fourth-order valence-electron chi connectivity index (χ4n) is 1.18. The van der Waals surface area contributed by atoms with E-state index in [9.17, 15) is 4.79 Å². The van der Waals surface area contributed by atoms with Gasteiger partial charge in [-0.2, -0.15) is 0 Å². The van der Waals surface area contributed by atoms with Crippen LogP contribution in [0.1, 0.15) is 15.4 Å². The summed E-state index contributed by atoms with van der Waals surface area (Å²) >= 11 is 1.27. The van der Waals surface area contributed by atoms with Gasteiger partial charge in [0.25, 0.3) is 5.91 Å². The molecule has 78 valence electrons. The van der Waals surface area contributed by atoms with Gasteiger partial charge >= 0.3 is 0 Å². The highest BCUT2D eigenvalue weighted by Crippen LogP contribution is 2.25. The molecule has 3 N–H and O–H groups in total. The van der Waals surface area contributed by atoms with Crippen LogP contribution >= 0.6 is 11.3 Å². The van der Waals surface area contributed by atoms with E-state index in [1.54, 1.807) is 23.8 Å². The van der Waals surface area contributed by atoms with E-state index < -0.39 is 5.91 Å². The predicted molar refractivity (Wildman–Crippen MR) is 55.9 cm³/mol. The second kappa shape index (κ2) is 3.84. The number of aromatic amines is 1. The highest BCUT2D eigenvalue weighted by Gasteiger charge is 2.10. The quantitative estimate of drug-likeness (QED) is 0.534. The van der Waals surface area contributed by atoms with E-state index in [4.69, 9.17) is 5.21 Å². The van der Waals surface area contributed by atoms with Crippen molar-refractivity contribution in [1.82, 2.24) is 15.4 Å². The van der Waals surface area contributed by atoms with Gasteiger partial charge in [-0.1, -0.05) is 0 Å². The fourth-order valence-corrected chi connectivity index (χ4v) is 2.03. The smallest absolute Gasteiger partial charge is 0.284 e. The monoisotopic (exact) mass is 223 g/mol. The molecule has 0 unspecified atom stereocenters. The number of H-pyrrole nitrogens is 1. The molecule has 2 aromatic rings. The number of rotatable bonds is 2. The highest BCUT2D eigenvalue weighted by atomic mass is 32.1. The van der Waals surface area contributed by atoms with Gasteiger partial charge in [0, 0.05) is 11.9 Å². The maximum Gasteiger partial charge on any atom is 0.284 e. The summed E-state index contributed by atoms with van der Waals surface area (Å²) < 4.78 is 0. The van der Waals surface area contributed by atoms with Crippen molar-refractivity contribution in [3.8, 4) is 10.7 Å². The van der Waals surface area contributed by atoms with Crippen molar-refractivity contribution < 1.29 is 10.0 Å². The molecule has 2 heterocycles. The summed E-state index contributed by atoms with van der Waals surface area (Å²) in [5.41, 5.74) is 2.56. The number of hydrogen-bond donors (Lipinski definition) is 3. The van der Waals surface area contributed by atoms with Crippen LogP contribution in [0.15, 0.2) is 18.3 Å². The third-order valence-electron chi connectivity index (χ3n) is 1.87. The van der Waals surface area contributed by atoms with Gasteiger partial charge in [0.1, 0.15) is 5.82 Å². The standard InChI is InChI=1S/C9H9N3O2S/c1-5-4-10-8(11-5)6-2-3-7(15-6)9(13)12-14/h2-4,14H,1H3,(H,10,11)(H,12,13). The number of nitrogens with one attached hydrogen (secondary N) is 2.